The van der Waals surface area contributed by atoms with Gasteiger partial charge in [-0.2, -0.15) is 13.2 Å². The normalized spacial score (nSPS) is 13.6. The molecule has 1 N–H and O–H groups in total. The van der Waals surface area contributed by atoms with Gasteiger partial charge >= 0.3 is 6.18 Å². The molecule has 0 bridgehead atoms. The van der Waals surface area contributed by atoms with Crippen LogP contribution in [0.5, 0.6) is 0 Å². The molecule has 2 aromatic rings. The maximum Gasteiger partial charge on any atom is 0.416 e. The lowest BCUT2D eigenvalue weighted by Gasteiger charge is -2.15. The number of hydrogen-bond donors (Lipinski definition) is 1. The summed E-state index contributed by atoms with van der Waals surface area (Å²) in [5, 5.41) is 13.3. The third-order valence-corrected chi connectivity index (χ3v) is 2.92. The third kappa shape index (κ3) is 2.45. The lowest BCUT2D eigenvalue weighted by Crippen LogP contribution is -2.12. The largest absolute Gasteiger partial charge is 0.416 e. The molecule has 90 valence electrons. The number of nitrogens with zero attached hydrogens (tertiary/aromatic N) is 2. The minimum Gasteiger partial charge on any atom is -0.383 e. The molecule has 0 aliphatic rings. The fraction of sp³-hybridized carbons (Fsp3) is 0.200. The molecule has 0 saturated carbocycles. The number of alkyl halides is 3. The minimum absolute atomic E-state index is 0.189. The Balaban J connectivity index is 2.46. The van der Waals surface area contributed by atoms with E-state index in [2.05, 4.69) is 9.59 Å². The second-order valence-corrected chi connectivity index (χ2v) is 4.12. The molecular formula is C10H7F3N2OS. The van der Waals surface area contributed by atoms with Crippen LogP contribution in [-0.4, -0.2) is 14.7 Å². The molecule has 0 radical (unpaired) electrons. The molecule has 0 saturated heterocycles. The van der Waals surface area contributed by atoms with E-state index in [1.165, 1.54) is 24.4 Å². The van der Waals surface area contributed by atoms with Gasteiger partial charge in [0.25, 0.3) is 0 Å². The Kier molecular flexibility index (Phi) is 3.12. The van der Waals surface area contributed by atoms with E-state index < -0.39 is 17.8 Å². The highest BCUT2D eigenvalue weighted by molar-refractivity contribution is 7.05. The predicted molar refractivity (Wildman–Crippen MR) is 55.4 cm³/mol. The molecule has 7 heteroatoms. The van der Waals surface area contributed by atoms with Crippen LogP contribution in [0.4, 0.5) is 13.2 Å². The topological polar surface area (TPSA) is 46.0 Å². The van der Waals surface area contributed by atoms with Crippen LogP contribution in [0.2, 0.25) is 0 Å². The van der Waals surface area contributed by atoms with Crippen molar-refractivity contribution < 1.29 is 18.3 Å². The SMILES string of the molecule is OC(c1cnns1)c1ccccc1C(F)(F)F. The first-order valence-corrected chi connectivity index (χ1v) is 5.39. The van der Waals surface area contributed by atoms with E-state index in [9.17, 15) is 18.3 Å². The number of aromatic nitrogens is 2. The second kappa shape index (κ2) is 4.42. The lowest BCUT2D eigenvalue weighted by molar-refractivity contribution is -0.138. The molecule has 1 aromatic heterocycles. The molecule has 17 heavy (non-hydrogen) atoms. The molecule has 2 rings (SSSR count). The van der Waals surface area contributed by atoms with Gasteiger partial charge in [0.1, 0.15) is 6.10 Å². The Morgan fingerprint density at radius 2 is 1.94 bits per heavy atom. The summed E-state index contributed by atoms with van der Waals surface area (Å²) >= 11 is 0.867. The molecule has 1 atom stereocenters. The van der Waals surface area contributed by atoms with Gasteiger partial charge in [0, 0.05) is 0 Å². The van der Waals surface area contributed by atoms with Crippen molar-refractivity contribution in [2.24, 2.45) is 0 Å². The van der Waals surface area contributed by atoms with Gasteiger partial charge in [-0.3, -0.25) is 0 Å². The van der Waals surface area contributed by atoms with Crippen LogP contribution < -0.4 is 0 Å². The highest BCUT2D eigenvalue weighted by atomic mass is 32.1. The maximum atomic E-state index is 12.7. The number of aliphatic hydroxyl groups excluding tert-OH is 1. The zero-order chi connectivity index (χ0) is 12.5. The van der Waals surface area contributed by atoms with Gasteiger partial charge in [-0.05, 0) is 23.2 Å². The smallest absolute Gasteiger partial charge is 0.383 e. The minimum atomic E-state index is -4.49. The number of benzene rings is 1. The number of halogens is 3. The summed E-state index contributed by atoms with van der Waals surface area (Å²) in [5.74, 6) is 0. The lowest BCUT2D eigenvalue weighted by atomic mass is 10.0. The van der Waals surface area contributed by atoms with Crippen molar-refractivity contribution in [3.05, 3.63) is 46.5 Å². The van der Waals surface area contributed by atoms with E-state index in [0.717, 1.165) is 17.6 Å². The van der Waals surface area contributed by atoms with E-state index >= 15 is 0 Å². The fourth-order valence-electron chi connectivity index (χ4n) is 1.44. The van der Waals surface area contributed by atoms with E-state index in [4.69, 9.17) is 0 Å². The molecule has 0 spiro atoms. The van der Waals surface area contributed by atoms with E-state index in [0.29, 0.717) is 0 Å². The van der Waals surface area contributed by atoms with Gasteiger partial charge in [-0.25, -0.2) is 0 Å². The summed E-state index contributed by atoms with van der Waals surface area (Å²) < 4.78 is 41.6. The van der Waals surface area contributed by atoms with Gasteiger partial charge < -0.3 is 5.11 Å². The van der Waals surface area contributed by atoms with Gasteiger partial charge in [0.15, 0.2) is 0 Å². The van der Waals surface area contributed by atoms with Crippen LogP contribution in [0.3, 0.4) is 0 Å². The van der Waals surface area contributed by atoms with Crippen molar-refractivity contribution >= 4 is 11.5 Å². The molecule has 0 amide bonds. The van der Waals surface area contributed by atoms with Crippen molar-refractivity contribution in [2.75, 3.05) is 0 Å². The second-order valence-electron chi connectivity index (χ2n) is 3.31. The van der Waals surface area contributed by atoms with Crippen LogP contribution in [0.15, 0.2) is 30.5 Å². The molecule has 1 heterocycles. The van der Waals surface area contributed by atoms with Crippen molar-refractivity contribution in [2.45, 2.75) is 12.3 Å². The monoisotopic (exact) mass is 260 g/mol. The molecule has 0 aliphatic carbocycles. The molecule has 1 aromatic carbocycles. The highest BCUT2D eigenvalue weighted by Crippen LogP contribution is 2.36. The summed E-state index contributed by atoms with van der Waals surface area (Å²) in [5.41, 5.74) is -1.04. The summed E-state index contributed by atoms with van der Waals surface area (Å²) in [4.78, 5) is 0.279. The Labute approximate surface area is 98.7 Å². The number of hydrogen-bond acceptors (Lipinski definition) is 4. The van der Waals surface area contributed by atoms with Crippen LogP contribution in [-0.2, 0) is 6.18 Å². The van der Waals surface area contributed by atoms with Gasteiger partial charge in [0.05, 0.1) is 16.6 Å². The Morgan fingerprint density at radius 1 is 1.24 bits per heavy atom. The molecular weight excluding hydrogens is 253 g/mol. The molecule has 0 fully saturated rings. The van der Waals surface area contributed by atoms with E-state index in [1.807, 2.05) is 0 Å². The molecule has 3 nitrogen and oxygen atoms in total. The Bertz CT molecular complexity index is 499. The quantitative estimate of drug-likeness (QED) is 0.902. The van der Waals surface area contributed by atoms with Gasteiger partial charge in [-0.15, -0.1) is 5.10 Å². The van der Waals surface area contributed by atoms with Crippen LogP contribution >= 0.6 is 11.5 Å². The summed E-state index contributed by atoms with van der Waals surface area (Å²) in [6.45, 7) is 0. The van der Waals surface area contributed by atoms with Gasteiger partial charge in [-0.1, -0.05) is 22.7 Å². The maximum absolute atomic E-state index is 12.7. The first-order valence-electron chi connectivity index (χ1n) is 4.61. The van der Waals surface area contributed by atoms with Crippen LogP contribution in [0.1, 0.15) is 22.1 Å². The van der Waals surface area contributed by atoms with Crippen molar-refractivity contribution in [3.8, 4) is 0 Å². The zero-order valence-electron chi connectivity index (χ0n) is 8.35. The van der Waals surface area contributed by atoms with Crippen molar-refractivity contribution in [1.29, 1.82) is 0 Å². The Hall–Kier alpha value is -1.47. The third-order valence-electron chi connectivity index (χ3n) is 2.21. The highest BCUT2D eigenvalue weighted by Gasteiger charge is 2.35. The average Bonchev–Trinajstić information content (AvgIpc) is 2.80. The standard InChI is InChI=1S/C10H7F3N2OS/c11-10(12,13)7-4-2-1-3-6(7)9(16)8-5-14-15-17-8/h1-5,9,16H. The van der Waals surface area contributed by atoms with Crippen molar-refractivity contribution in [3.63, 3.8) is 0 Å². The van der Waals surface area contributed by atoms with Gasteiger partial charge in [0.2, 0.25) is 0 Å². The fourth-order valence-corrected chi connectivity index (χ4v) is 1.95. The van der Waals surface area contributed by atoms with Crippen molar-refractivity contribution in [1.82, 2.24) is 9.59 Å². The first-order chi connectivity index (χ1) is 8.00. The van der Waals surface area contributed by atoms with E-state index in [1.54, 1.807) is 0 Å². The van der Waals surface area contributed by atoms with Crippen LogP contribution in [0.25, 0.3) is 0 Å². The predicted octanol–water partition coefficient (Wildman–Crippen LogP) is 2.64. The molecule has 1 unspecified atom stereocenters. The summed E-state index contributed by atoms with van der Waals surface area (Å²) in [6, 6.07) is 4.91. The average molecular weight is 260 g/mol. The first kappa shape index (κ1) is 12.0. The van der Waals surface area contributed by atoms with Crippen LogP contribution in [0, 0.1) is 0 Å². The summed E-state index contributed by atoms with van der Waals surface area (Å²) in [6.07, 6.45) is -4.59. The number of aliphatic hydroxyl groups is 1. The summed E-state index contributed by atoms with van der Waals surface area (Å²) in [7, 11) is 0. The number of rotatable bonds is 2. The van der Waals surface area contributed by atoms with E-state index in [-0.39, 0.29) is 10.4 Å². The zero-order valence-corrected chi connectivity index (χ0v) is 9.16. The Morgan fingerprint density at radius 3 is 2.53 bits per heavy atom. The molecule has 0 aliphatic heterocycles.